The number of methoxy groups -OCH3 is 1. The molecule has 1 saturated heterocycles. The summed E-state index contributed by atoms with van der Waals surface area (Å²) in [5.41, 5.74) is 0. The number of rotatable bonds is 11. The van der Waals surface area contributed by atoms with Gasteiger partial charge >= 0.3 is 0 Å². The van der Waals surface area contributed by atoms with Crippen LogP contribution in [0.3, 0.4) is 0 Å². The number of hydrogen-bond acceptors (Lipinski definition) is 6. The minimum Gasteiger partial charge on any atom is -0.409 e. The van der Waals surface area contributed by atoms with Gasteiger partial charge in [-0.05, 0) is 45.8 Å². The van der Waals surface area contributed by atoms with E-state index >= 15 is 0 Å². The third kappa shape index (κ3) is 7.25. The van der Waals surface area contributed by atoms with Gasteiger partial charge in [-0.1, -0.05) is 20.8 Å². The molecule has 0 bridgehead atoms. The van der Waals surface area contributed by atoms with Crippen LogP contribution in [0.5, 0.6) is 0 Å². The van der Waals surface area contributed by atoms with Gasteiger partial charge in [0, 0.05) is 19.2 Å². The highest BCUT2D eigenvalue weighted by Crippen LogP contribution is 2.49. The summed E-state index contributed by atoms with van der Waals surface area (Å²) in [6, 6.07) is 0.298. The van der Waals surface area contributed by atoms with Gasteiger partial charge in [0.25, 0.3) is 8.53 Å². The Balaban J connectivity index is 3.05. The van der Waals surface area contributed by atoms with Gasteiger partial charge in [0.2, 0.25) is 6.54 Å². The molecule has 0 N–H and O–H groups in total. The van der Waals surface area contributed by atoms with Crippen molar-refractivity contribution < 1.29 is 22.9 Å². The van der Waals surface area contributed by atoms with Gasteiger partial charge < -0.3 is 23.3 Å². The fourth-order valence-electron chi connectivity index (χ4n) is 3.18. The van der Waals surface area contributed by atoms with Crippen LogP contribution in [0.1, 0.15) is 48.5 Å². The first kappa shape index (κ1) is 28.0. The standard InChI is InChI=1S/C20H42BN2O5PSi/c1-14(2)23(15(3)4)29(25-13-12-22-8)27-19-17(24-9)16(18(21)26-19)28-30(10,11)20(5,6)7/h14-19H,12-13,21H2,1-7,9-11H3/t16?,17-,18-,19-,29?/m1/s1. The second kappa shape index (κ2) is 11.7. The Morgan fingerprint density at radius 3 is 2.17 bits per heavy atom. The molecule has 0 aliphatic carbocycles. The summed E-state index contributed by atoms with van der Waals surface area (Å²) in [5.74, 6) is 0. The van der Waals surface area contributed by atoms with Crippen molar-refractivity contribution in [3.63, 3.8) is 0 Å². The first-order chi connectivity index (χ1) is 13.8. The third-order valence-corrected chi connectivity index (χ3v) is 12.3. The molecule has 0 aromatic heterocycles. The summed E-state index contributed by atoms with van der Waals surface area (Å²) in [5, 5.41) is 0.0888. The largest absolute Gasteiger partial charge is 0.409 e. The molecule has 174 valence electrons. The molecule has 30 heavy (non-hydrogen) atoms. The fraction of sp³-hybridized carbons (Fsp3) is 0.950. The van der Waals surface area contributed by atoms with Crippen LogP contribution < -0.4 is 0 Å². The minimum atomic E-state index is -2.01. The molecule has 7 nitrogen and oxygen atoms in total. The van der Waals surface area contributed by atoms with Crippen molar-refractivity contribution in [3.8, 4) is 0 Å². The Bertz CT molecular complexity index is 562. The Morgan fingerprint density at radius 2 is 1.73 bits per heavy atom. The molecule has 0 aromatic rings. The van der Waals surface area contributed by atoms with E-state index < -0.39 is 23.1 Å². The van der Waals surface area contributed by atoms with Crippen molar-refractivity contribution >= 4 is 24.7 Å². The summed E-state index contributed by atoms with van der Waals surface area (Å²) in [4.78, 5) is 3.40. The highest BCUT2D eigenvalue weighted by Gasteiger charge is 2.50. The molecule has 5 atom stereocenters. The molecule has 0 aromatic carbocycles. The highest BCUT2D eigenvalue weighted by molar-refractivity contribution is 7.44. The van der Waals surface area contributed by atoms with Crippen molar-refractivity contribution in [2.24, 2.45) is 0 Å². The predicted molar refractivity (Wildman–Crippen MR) is 128 cm³/mol. The smallest absolute Gasteiger partial charge is 0.261 e. The lowest BCUT2D eigenvalue weighted by Crippen LogP contribution is -2.50. The average molecular weight is 460 g/mol. The fourth-order valence-corrected chi connectivity index (χ4v) is 6.18. The van der Waals surface area contributed by atoms with Crippen LogP contribution in [0.4, 0.5) is 0 Å². The molecule has 1 aliphatic rings. The molecule has 1 rings (SSSR count). The summed E-state index contributed by atoms with van der Waals surface area (Å²) in [7, 11) is 0.269. The van der Waals surface area contributed by atoms with Crippen LogP contribution in [0.2, 0.25) is 18.1 Å². The molecule has 0 radical (unpaired) electrons. The van der Waals surface area contributed by atoms with E-state index in [1.165, 1.54) is 0 Å². The molecule has 1 fully saturated rings. The Labute approximate surface area is 187 Å². The van der Waals surface area contributed by atoms with Gasteiger partial charge in [0.15, 0.2) is 14.6 Å². The summed E-state index contributed by atoms with van der Waals surface area (Å²) < 4.78 is 33.3. The molecule has 1 heterocycles. The minimum absolute atomic E-state index is 0.0888. The third-order valence-electron chi connectivity index (χ3n) is 5.76. The zero-order chi connectivity index (χ0) is 23.3. The predicted octanol–water partition coefficient (Wildman–Crippen LogP) is 4.01. The molecule has 0 saturated carbocycles. The van der Waals surface area contributed by atoms with Crippen LogP contribution in [-0.2, 0) is 22.9 Å². The highest BCUT2D eigenvalue weighted by atomic mass is 31.2. The van der Waals surface area contributed by atoms with Crippen molar-refractivity contribution in [2.45, 2.75) is 103 Å². The number of hydrogen-bond donors (Lipinski definition) is 0. The Kier molecular flexibility index (Phi) is 10.9. The SMILES string of the molecule is B[C@@H]1O[C@H](OP(OCC[N+]#[C-])N(C(C)C)C(C)C)[C@H](OC)C1O[Si](C)(C)C(C)(C)C. The normalized spacial score (nSPS) is 26.5. The van der Waals surface area contributed by atoms with E-state index in [0.29, 0.717) is 13.2 Å². The maximum absolute atomic E-state index is 7.04. The van der Waals surface area contributed by atoms with Crippen LogP contribution in [0.25, 0.3) is 4.85 Å². The zero-order valence-electron chi connectivity index (χ0n) is 20.8. The van der Waals surface area contributed by atoms with Crippen LogP contribution >= 0.6 is 8.53 Å². The lowest BCUT2D eigenvalue weighted by molar-refractivity contribution is -0.115. The van der Waals surface area contributed by atoms with Gasteiger partial charge in [-0.25, -0.2) is 11.2 Å². The molecule has 0 spiro atoms. The van der Waals surface area contributed by atoms with E-state index in [-0.39, 0.29) is 35.3 Å². The van der Waals surface area contributed by atoms with Gasteiger partial charge in [-0.2, -0.15) is 0 Å². The Hall–Kier alpha value is -0.0382. The van der Waals surface area contributed by atoms with Gasteiger partial charge in [0.05, 0.1) is 12.1 Å². The van der Waals surface area contributed by atoms with E-state index in [1.54, 1.807) is 7.11 Å². The van der Waals surface area contributed by atoms with Crippen molar-refractivity contribution in [2.75, 3.05) is 20.3 Å². The van der Waals surface area contributed by atoms with Crippen molar-refractivity contribution in [1.82, 2.24) is 4.67 Å². The summed E-state index contributed by atoms with van der Waals surface area (Å²) in [6.45, 7) is 27.3. The number of ether oxygens (including phenoxy) is 2. The molecule has 1 aliphatic heterocycles. The average Bonchev–Trinajstić information content (AvgIpc) is 2.87. The quantitative estimate of drug-likeness (QED) is 0.201. The summed E-state index contributed by atoms with van der Waals surface area (Å²) in [6.07, 6.45) is -1.13. The molecule has 2 unspecified atom stereocenters. The monoisotopic (exact) mass is 460 g/mol. The summed E-state index contributed by atoms with van der Waals surface area (Å²) >= 11 is 0. The molecule has 0 amide bonds. The first-order valence-corrected chi connectivity index (χ1v) is 14.9. The molecular weight excluding hydrogens is 418 g/mol. The van der Waals surface area contributed by atoms with E-state index in [2.05, 4.69) is 71.1 Å². The van der Waals surface area contributed by atoms with E-state index in [4.69, 9.17) is 29.5 Å². The first-order valence-electron chi connectivity index (χ1n) is 10.8. The second-order valence-electron chi connectivity index (χ2n) is 9.88. The number of nitrogens with zero attached hydrogens (tertiary/aromatic N) is 2. The maximum atomic E-state index is 7.04. The maximum Gasteiger partial charge on any atom is 0.261 e. The van der Waals surface area contributed by atoms with Gasteiger partial charge in [-0.15, -0.1) is 0 Å². The van der Waals surface area contributed by atoms with E-state index in [9.17, 15) is 0 Å². The van der Waals surface area contributed by atoms with Crippen LogP contribution in [0.15, 0.2) is 0 Å². The van der Waals surface area contributed by atoms with E-state index in [1.807, 2.05) is 7.85 Å². The lowest BCUT2D eigenvalue weighted by Gasteiger charge is -2.40. The van der Waals surface area contributed by atoms with Gasteiger partial charge in [0.1, 0.15) is 20.6 Å². The van der Waals surface area contributed by atoms with Crippen LogP contribution in [0, 0.1) is 6.57 Å². The van der Waals surface area contributed by atoms with Gasteiger partial charge in [-0.3, -0.25) is 4.52 Å². The van der Waals surface area contributed by atoms with Crippen molar-refractivity contribution in [1.29, 1.82) is 0 Å². The zero-order valence-corrected chi connectivity index (χ0v) is 22.7. The Morgan fingerprint density at radius 1 is 1.17 bits per heavy atom. The molecule has 10 heteroatoms. The topological polar surface area (TPSA) is 53.8 Å². The van der Waals surface area contributed by atoms with Crippen LogP contribution in [-0.4, -0.2) is 77.7 Å². The van der Waals surface area contributed by atoms with E-state index in [0.717, 1.165) is 0 Å². The van der Waals surface area contributed by atoms with Crippen molar-refractivity contribution in [3.05, 3.63) is 11.4 Å². The lowest BCUT2D eigenvalue weighted by atomic mass is 9.94. The molecular formula is C20H42BN2O5PSi. The second-order valence-corrected chi connectivity index (χ2v) is 16.0.